The van der Waals surface area contributed by atoms with Crippen LogP contribution in [0.4, 0.5) is 5.69 Å². The van der Waals surface area contributed by atoms with Crippen LogP contribution < -0.4 is 19.5 Å². The van der Waals surface area contributed by atoms with Gasteiger partial charge in [0.15, 0.2) is 0 Å². The van der Waals surface area contributed by atoms with Gasteiger partial charge < -0.3 is 19.5 Å². The molecule has 4 rings (SSSR count). The number of hydrogen-bond donors (Lipinski definition) is 1. The molecule has 1 aliphatic carbocycles. The summed E-state index contributed by atoms with van der Waals surface area (Å²) in [5.74, 6) is 2.43. The summed E-state index contributed by atoms with van der Waals surface area (Å²) in [6.07, 6.45) is 4.50. The number of anilines is 1. The summed E-state index contributed by atoms with van der Waals surface area (Å²) < 4.78 is 16.3. The summed E-state index contributed by atoms with van der Waals surface area (Å²) in [7, 11) is 5.04. The summed E-state index contributed by atoms with van der Waals surface area (Å²) in [5, 5.41) is 4.79. The molecule has 2 aromatic carbocycles. The minimum absolute atomic E-state index is 0.677. The summed E-state index contributed by atoms with van der Waals surface area (Å²) in [6, 6.07) is 12.0. The van der Waals surface area contributed by atoms with Crippen LogP contribution in [0, 0.1) is 0 Å². The van der Waals surface area contributed by atoms with Crippen molar-refractivity contribution in [3.8, 4) is 17.2 Å². The van der Waals surface area contributed by atoms with Gasteiger partial charge in [-0.15, -0.1) is 0 Å². The molecule has 0 bridgehead atoms. The standard InChI is InChI=1S/C23H26N2O3/c1-26-16-8-9-22-20(13-16)23(19-6-4-5-7-21(19)25-22)24-14-15-10-17(27-2)12-18(11-15)28-3/h8-13H,4-7,14H2,1-3H3,(H,24,25). The molecule has 1 aromatic heterocycles. The Hall–Kier alpha value is -2.95. The molecule has 1 N–H and O–H groups in total. The fraction of sp³-hybridized carbons (Fsp3) is 0.348. The second-order valence-corrected chi connectivity index (χ2v) is 7.08. The number of aromatic nitrogens is 1. The number of nitrogens with one attached hydrogen (secondary N) is 1. The first kappa shape index (κ1) is 18.4. The molecule has 0 aliphatic heterocycles. The predicted molar refractivity (Wildman–Crippen MR) is 112 cm³/mol. The maximum Gasteiger partial charge on any atom is 0.122 e. The van der Waals surface area contributed by atoms with Crippen LogP contribution in [0.25, 0.3) is 10.9 Å². The molecule has 3 aromatic rings. The van der Waals surface area contributed by atoms with Gasteiger partial charge in [-0.2, -0.15) is 0 Å². The first-order chi connectivity index (χ1) is 13.7. The zero-order valence-corrected chi connectivity index (χ0v) is 16.7. The fourth-order valence-corrected chi connectivity index (χ4v) is 3.89. The maximum absolute atomic E-state index is 5.46. The van der Waals surface area contributed by atoms with E-state index in [2.05, 4.69) is 11.4 Å². The quantitative estimate of drug-likeness (QED) is 0.671. The first-order valence-electron chi connectivity index (χ1n) is 9.67. The molecule has 28 heavy (non-hydrogen) atoms. The fourth-order valence-electron chi connectivity index (χ4n) is 3.89. The van der Waals surface area contributed by atoms with Crippen LogP contribution >= 0.6 is 0 Å². The Kier molecular flexibility index (Phi) is 5.24. The van der Waals surface area contributed by atoms with Crippen molar-refractivity contribution in [1.82, 2.24) is 4.98 Å². The molecule has 0 unspecified atom stereocenters. The zero-order chi connectivity index (χ0) is 19.5. The van der Waals surface area contributed by atoms with Crippen LogP contribution in [0.5, 0.6) is 17.2 Å². The molecule has 0 amide bonds. The Morgan fingerprint density at radius 3 is 2.29 bits per heavy atom. The van der Waals surface area contributed by atoms with Crippen molar-refractivity contribution in [2.24, 2.45) is 0 Å². The Balaban J connectivity index is 1.75. The smallest absolute Gasteiger partial charge is 0.122 e. The van der Waals surface area contributed by atoms with Gasteiger partial charge in [-0.1, -0.05) is 0 Å². The van der Waals surface area contributed by atoms with E-state index < -0.39 is 0 Å². The van der Waals surface area contributed by atoms with E-state index in [4.69, 9.17) is 19.2 Å². The third kappa shape index (κ3) is 3.57. The van der Waals surface area contributed by atoms with E-state index in [0.29, 0.717) is 6.54 Å². The van der Waals surface area contributed by atoms with E-state index in [1.54, 1.807) is 21.3 Å². The van der Waals surface area contributed by atoms with Crippen molar-refractivity contribution >= 4 is 16.6 Å². The highest BCUT2D eigenvalue weighted by atomic mass is 16.5. The molecule has 0 radical (unpaired) electrons. The van der Waals surface area contributed by atoms with Gasteiger partial charge in [-0.3, -0.25) is 4.98 Å². The molecular formula is C23H26N2O3. The highest BCUT2D eigenvalue weighted by Crippen LogP contribution is 2.35. The van der Waals surface area contributed by atoms with Crippen LogP contribution in [-0.2, 0) is 19.4 Å². The number of pyridine rings is 1. The van der Waals surface area contributed by atoms with Gasteiger partial charge in [0, 0.05) is 29.4 Å². The molecule has 1 aliphatic rings. The molecule has 0 saturated heterocycles. The lowest BCUT2D eigenvalue weighted by molar-refractivity contribution is 0.393. The molecule has 1 heterocycles. The zero-order valence-electron chi connectivity index (χ0n) is 16.7. The van der Waals surface area contributed by atoms with Crippen LogP contribution in [0.2, 0.25) is 0 Å². The number of methoxy groups -OCH3 is 3. The third-order valence-electron chi connectivity index (χ3n) is 5.35. The molecule has 0 fully saturated rings. The van der Waals surface area contributed by atoms with Gasteiger partial charge in [-0.25, -0.2) is 0 Å². The average molecular weight is 378 g/mol. The monoisotopic (exact) mass is 378 g/mol. The Labute approximate surface area is 165 Å². The lowest BCUT2D eigenvalue weighted by atomic mass is 9.92. The molecular weight excluding hydrogens is 352 g/mol. The van der Waals surface area contributed by atoms with Gasteiger partial charge in [0.05, 0.1) is 26.8 Å². The van der Waals surface area contributed by atoms with Crippen LogP contribution in [0.1, 0.15) is 29.7 Å². The van der Waals surface area contributed by atoms with Crippen molar-refractivity contribution in [1.29, 1.82) is 0 Å². The van der Waals surface area contributed by atoms with Gasteiger partial charge in [0.25, 0.3) is 0 Å². The average Bonchev–Trinajstić information content (AvgIpc) is 2.75. The highest BCUT2D eigenvalue weighted by Gasteiger charge is 2.18. The molecule has 0 spiro atoms. The lowest BCUT2D eigenvalue weighted by Crippen LogP contribution is -2.11. The van der Waals surface area contributed by atoms with Crippen molar-refractivity contribution < 1.29 is 14.2 Å². The number of nitrogens with zero attached hydrogens (tertiary/aromatic N) is 1. The highest BCUT2D eigenvalue weighted by molar-refractivity contribution is 5.94. The van der Waals surface area contributed by atoms with Crippen LogP contribution in [0.3, 0.4) is 0 Å². The summed E-state index contributed by atoms with van der Waals surface area (Å²) in [5.41, 5.74) is 5.83. The van der Waals surface area contributed by atoms with E-state index in [1.165, 1.54) is 29.8 Å². The van der Waals surface area contributed by atoms with E-state index in [9.17, 15) is 0 Å². The first-order valence-corrected chi connectivity index (χ1v) is 9.67. The van der Waals surface area contributed by atoms with Crippen LogP contribution in [-0.4, -0.2) is 26.3 Å². The number of hydrogen-bond acceptors (Lipinski definition) is 5. The lowest BCUT2D eigenvalue weighted by Gasteiger charge is -2.22. The van der Waals surface area contributed by atoms with E-state index in [1.807, 2.05) is 30.3 Å². The maximum atomic E-state index is 5.46. The second kappa shape index (κ2) is 7.97. The Morgan fingerprint density at radius 1 is 0.857 bits per heavy atom. The van der Waals surface area contributed by atoms with Gasteiger partial charge in [0.1, 0.15) is 17.2 Å². The number of rotatable bonds is 6. The second-order valence-electron chi connectivity index (χ2n) is 7.08. The van der Waals surface area contributed by atoms with E-state index in [-0.39, 0.29) is 0 Å². The minimum atomic E-state index is 0.677. The summed E-state index contributed by atoms with van der Waals surface area (Å²) in [6.45, 7) is 0.677. The van der Waals surface area contributed by atoms with Crippen molar-refractivity contribution in [3.05, 3.63) is 53.2 Å². The van der Waals surface area contributed by atoms with Gasteiger partial charge in [-0.05, 0) is 67.1 Å². The van der Waals surface area contributed by atoms with Crippen molar-refractivity contribution in [2.75, 3.05) is 26.6 Å². The van der Waals surface area contributed by atoms with Crippen molar-refractivity contribution in [2.45, 2.75) is 32.2 Å². The molecule has 5 nitrogen and oxygen atoms in total. The van der Waals surface area contributed by atoms with E-state index >= 15 is 0 Å². The van der Waals surface area contributed by atoms with E-state index in [0.717, 1.165) is 46.6 Å². The van der Waals surface area contributed by atoms with Crippen LogP contribution in [0.15, 0.2) is 36.4 Å². The number of aryl methyl sites for hydroxylation is 1. The number of fused-ring (bicyclic) bond motifs is 2. The SMILES string of the molecule is COc1cc(CNc2c3c(nc4ccc(OC)cc24)CCCC3)cc(OC)c1. The Morgan fingerprint density at radius 2 is 1.57 bits per heavy atom. The summed E-state index contributed by atoms with van der Waals surface area (Å²) >= 11 is 0. The van der Waals surface area contributed by atoms with Crippen molar-refractivity contribution in [3.63, 3.8) is 0 Å². The number of benzene rings is 2. The predicted octanol–water partition coefficient (Wildman–Crippen LogP) is 4.75. The molecule has 5 heteroatoms. The Bertz CT molecular complexity index is 979. The molecule has 0 atom stereocenters. The number of ether oxygens (including phenoxy) is 3. The topological polar surface area (TPSA) is 52.6 Å². The largest absolute Gasteiger partial charge is 0.497 e. The summed E-state index contributed by atoms with van der Waals surface area (Å²) in [4.78, 5) is 4.93. The molecule has 0 saturated carbocycles. The van der Waals surface area contributed by atoms with Gasteiger partial charge >= 0.3 is 0 Å². The minimum Gasteiger partial charge on any atom is -0.497 e. The third-order valence-corrected chi connectivity index (χ3v) is 5.35. The van der Waals surface area contributed by atoms with Gasteiger partial charge in [0.2, 0.25) is 0 Å². The normalized spacial score (nSPS) is 13.1. The molecule has 146 valence electrons.